The Kier molecular flexibility index (Phi) is 4.47. The third kappa shape index (κ3) is 3.28. The summed E-state index contributed by atoms with van der Waals surface area (Å²) in [5.74, 6) is 0.0974. The van der Waals surface area contributed by atoms with Gasteiger partial charge in [-0.05, 0) is 30.9 Å². The number of nitrogens with zero attached hydrogens (tertiary/aromatic N) is 2. The van der Waals surface area contributed by atoms with Crippen molar-refractivity contribution in [3.8, 4) is 0 Å². The van der Waals surface area contributed by atoms with Gasteiger partial charge in [0.1, 0.15) is 0 Å². The number of anilines is 1. The van der Waals surface area contributed by atoms with Crippen molar-refractivity contribution in [2.75, 3.05) is 31.1 Å². The quantitative estimate of drug-likeness (QED) is 0.917. The Hall–Kier alpha value is -1.07. The fourth-order valence-electron chi connectivity index (χ4n) is 2.57. The SMILES string of the molecule is CCCC(C)(N)C(=O)N1CCN(c2cccs2)CC1. The maximum Gasteiger partial charge on any atom is 0.242 e. The number of carbonyl (C=O) groups is 1. The molecule has 5 heteroatoms. The molecule has 1 aliphatic rings. The molecule has 1 fully saturated rings. The number of rotatable bonds is 4. The van der Waals surface area contributed by atoms with E-state index in [2.05, 4.69) is 29.3 Å². The highest BCUT2D eigenvalue weighted by Crippen LogP contribution is 2.23. The maximum absolute atomic E-state index is 12.4. The lowest BCUT2D eigenvalue weighted by molar-refractivity contribution is -0.137. The molecule has 106 valence electrons. The molecule has 1 aliphatic heterocycles. The molecule has 0 aromatic carbocycles. The highest BCUT2D eigenvalue weighted by Gasteiger charge is 2.33. The van der Waals surface area contributed by atoms with Gasteiger partial charge >= 0.3 is 0 Å². The zero-order chi connectivity index (χ0) is 13.9. The molecule has 0 spiro atoms. The van der Waals surface area contributed by atoms with Crippen LogP contribution in [0.3, 0.4) is 0 Å². The second-order valence-electron chi connectivity index (χ2n) is 5.40. The minimum atomic E-state index is -0.708. The molecule has 19 heavy (non-hydrogen) atoms. The van der Waals surface area contributed by atoms with Crippen LogP contribution < -0.4 is 10.6 Å². The first-order chi connectivity index (χ1) is 9.04. The minimum Gasteiger partial charge on any atom is -0.360 e. The van der Waals surface area contributed by atoms with E-state index in [0.29, 0.717) is 0 Å². The highest BCUT2D eigenvalue weighted by molar-refractivity contribution is 7.14. The predicted octanol–water partition coefficient (Wildman–Crippen LogP) is 1.91. The smallest absolute Gasteiger partial charge is 0.242 e. The Balaban J connectivity index is 1.91. The Morgan fingerprint density at radius 1 is 1.42 bits per heavy atom. The topological polar surface area (TPSA) is 49.6 Å². The first-order valence-electron chi connectivity index (χ1n) is 6.91. The summed E-state index contributed by atoms with van der Waals surface area (Å²) in [6.45, 7) is 7.25. The molecule has 1 unspecified atom stereocenters. The maximum atomic E-state index is 12.4. The molecule has 4 nitrogen and oxygen atoms in total. The van der Waals surface area contributed by atoms with Crippen LogP contribution in [-0.2, 0) is 4.79 Å². The van der Waals surface area contributed by atoms with Crippen LogP contribution in [0.25, 0.3) is 0 Å². The molecule has 0 radical (unpaired) electrons. The summed E-state index contributed by atoms with van der Waals surface area (Å²) >= 11 is 1.75. The Labute approximate surface area is 119 Å². The van der Waals surface area contributed by atoms with Gasteiger partial charge in [0.25, 0.3) is 0 Å². The van der Waals surface area contributed by atoms with E-state index >= 15 is 0 Å². The molecule has 1 atom stereocenters. The van der Waals surface area contributed by atoms with Gasteiger partial charge in [-0.1, -0.05) is 13.3 Å². The van der Waals surface area contributed by atoms with Crippen LogP contribution in [0.15, 0.2) is 17.5 Å². The number of thiophene rings is 1. The molecule has 2 heterocycles. The standard InChI is InChI=1S/C14H23N3OS/c1-3-6-14(2,15)13(18)17-9-7-16(8-10-17)12-5-4-11-19-12/h4-5,11H,3,6-10,15H2,1-2H3. The van der Waals surface area contributed by atoms with E-state index in [0.717, 1.165) is 39.0 Å². The van der Waals surface area contributed by atoms with E-state index in [1.807, 2.05) is 11.8 Å². The minimum absolute atomic E-state index is 0.0974. The van der Waals surface area contributed by atoms with Crippen molar-refractivity contribution in [2.24, 2.45) is 5.73 Å². The summed E-state index contributed by atoms with van der Waals surface area (Å²) in [5, 5.41) is 3.38. The van der Waals surface area contributed by atoms with Gasteiger partial charge in [0.2, 0.25) is 5.91 Å². The zero-order valence-corrected chi connectivity index (χ0v) is 12.6. The summed E-state index contributed by atoms with van der Waals surface area (Å²) in [6, 6.07) is 4.20. The molecule has 0 bridgehead atoms. The lowest BCUT2D eigenvalue weighted by atomic mass is 9.95. The van der Waals surface area contributed by atoms with E-state index in [9.17, 15) is 4.79 Å². The van der Waals surface area contributed by atoms with Gasteiger partial charge in [0.05, 0.1) is 10.5 Å². The Bertz CT molecular complexity index is 408. The highest BCUT2D eigenvalue weighted by atomic mass is 32.1. The molecular weight excluding hydrogens is 258 g/mol. The molecule has 0 aliphatic carbocycles. The number of nitrogens with two attached hydrogens (primary N) is 1. The monoisotopic (exact) mass is 281 g/mol. The summed E-state index contributed by atoms with van der Waals surface area (Å²) < 4.78 is 0. The van der Waals surface area contributed by atoms with E-state index in [-0.39, 0.29) is 5.91 Å². The van der Waals surface area contributed by atoms with Crippen LogP contribution in [0.1, 0.15) is 26.7 Å². The first-order valence-corrected chi connectivity index (χ1v) is 7.79. The molecule has 1 aromatic heterocycles. The number of hydrogen-bond donors (Lipinski definition) is 1. The van der Waals surface area contributed by atoms with Crippen molar-refractivity contribution in [3.63, 3.8) is 0 Å². The van der Waals surface area contributed by atoms with Crippen molar-refractivity contribution in [3.05, 3.63) is 17.5 Å². The summed E-state index contributed by atoms with van der Waals surface area (Å²) in [6.07, 6.45) is 1.69. The van der Waals surface area contributed by atoms with Crippen LogP contribution >= 0.6 is 11.3 Å². The Morgan fingerprint density at radius 3 is 2.63 bits per heavy atom. The number of carbonyl (C=O) groups excluding carboxylic acids is 1. The van der Waals surface area contributed by atoms with Crippen LogP contribution in [-0.4, -0.2) is 42.5 Å². The normalized spacial score (nSPS) is 19.3. The number of amides is 1. The molecule has 1 amide bonds. The molecule has 1 aromatic rings. The largest absolute Gasteiger partial charge is 0.360 e. The van der Waals surface area contributed by atoms with Gasteiger partial charge in [0, 0.05) is 26.2 Å². The van der Waals surface area contributed by atoms with Crippen molar-refractivity contribution in [1.29, 1.82) is 0 Å². The molecule has 2 N–H and O–H groups in total. The molecule has 0 saturated carbocycles. The average molecular weight is 281 g/mol. The van der Waals surface area contributed by atoms with Crippen molar-refractivity contribution in [1.82, 2.24) is 4.90 Å². The fourth-order valence-corrected chi connectivity index (χ4v) is 3.35. The third-order valence-electron chi connectivity index (χ3n) is 3.64. The zero-order valence-electron chi connectivity index (χ0n) is 11.8. The lowest BCUT2D eigenvalue weighted by Crippen LogP contribution is -2.58. The van der Waals surface area contributed by atoms with E-state index in [1.165, 1.54) is 5.00 Å². The fraction of sp³-hybridized carbons (Fsp3) is 0.643. The Morgan fingerprint density at radius 2 is 2.11 bits per heavy atom. The van der Waals surface area contributed by atoms with Gasteiger partial charge in [-0.2, -0.15) is 0 Å². The van der Waals surface area contributed by atoms with Gasteiger partial charge < -0.3 is 15.5 Å². The molecule has 2 rings (SSSR count). The van der Waals surface area contributed by atoms with Crippen molar-refractivity contribution in [2.45, 2.75) is 32.2 Å². The summed E-state index contributed by atoms with van der Waals surface area (Å²) in [4.78, 5) is 16.6. The van der Waals surface area contributed by atoms with E-state index in [1.54, 1.807) is 11.3 Å². The van der Waals surface area contributed by atoms with Crippen LogP contribution in [0.2, 0.25) is 0 Å². The average Bonchev–Trinajstić information content (AvgIpc) is 2.92. The molecule has 1 saturated heterocycles. The van der Waals surface area contributed by atoms with Crippen molar-refractivity contribution >= 4 is 22.2 Å². The summed E-state index contributed by atoms with van der Waals surface area (Å²) in [7, 11) is 0. The predicted molar refractivity (Wildman–Crippen MR) is 80.6 cm³/mol. The summed E-state index contributed by atoms with van der Waals surface area (Å²) in [5.41, 5.74) is 5.42. The van der Waals surface area contributed by atoms with E-state index in [4.69, 9.17) is 5.73 Å². The van der Waals surface area contributed by atoms with E-state index < -0.39 is 5.54 Å². The number of hydrogen-bond acceptors (Lipinski definition) is 4. The number of piperazine rings is 1. The van der Waals surface area contributed by atoms with Crippen LogP contribution in [0.4, 0.5) is 5.00 Å². The van der Waals surface area contributed by atoms with Gasteiger partial charge in [-0.25, -0.2) is 0 Å². The lowest BCUT2D eigenvalue weighted by Gasteiger charge is -2.38. The van der Waals surface area contributed by atoms with Crippen LogP contribution in [0.5, 0.6) is 0 Å². The second kappa shape index (κ2) is 5.92. The van der Waals surface area contributed by atoms with Gasteiger partial charge in [0.15, 0.2) is 0 Å². The van der Waals surface area contributed by atoms with Gasteiger partial charge in [-0.3, -0.25) is 4.79 Å². The van der Waals surface area contributed by atoms with Gasteiger partial charge in [-0.15, -0.1) is 11.3 Å². The second-order valence-corrected chi connectivity index (χ2v) is 6.32. The van der Waals surface area contributed by atoms with Crippen molar-refractivity contribution < 1.29 is 4.79 Å². The van der Waals surface area contributed by atoms with Crippen LogP contribution in [0, 0.1) is 0 Å². The first kappa shape index (κ1) is 14.3. The third-order valence-corrected chi connectivity index (χ3v) is 4.57. The molecular formula is C14H23N3OS.